The molecule has 5 rings (SSSR count). The first kappa shape index (κ1) is 34.6. The van der Waals surface area contributed by atoms with Gasteiger partial charge in [-0.1, -0.05) is 45.0 Å². The molecule has 1 N–H and O–H groups in total. The molecule has 48 heavy (non-hydrogen) atoms. The molecule has 0 saturated carbocycles. The second-order valence-corrected chi connectivity index (χ2v) is 15.9. The zero-order valence-electron chi connectivity index (χ0n) is 28.6. The number of hydrogen-bond donors (Lipinski definition) is 1. The molecular weight excluding hydrogens is 632 g/mol. The summed E-state index contributed by atoms with van der Waals surface area (Å²) in [7, 11) is -4.22. The Bertz CT molecular complexity index is 1940. The quantitative estimate of drug-likeness (QED) is 0.254. The normalized spacial score (nSPS) is 16.5. The van der Waals surface area contributed by atoms with Gasteiger partial charge in [-0.05, 0) is 75.8 Å². The Kier molecular flexibility index (Phi) is 9.37. The van der Waals surface area contributed by atoms with E-state index < -0.39 is 33.5 Å². The third kappa shape index (κ3) is 8.19. The van der Waals surface area contributed by atoms with Gasteiger partial charge >= 0.3 is 5.97 Å². The van der Waals surface area contributed by atoms with Crippen LogP contribution in [0.2, 0.25) is 0 Å². The van der Waals surface area contributed by atoms with E-state index in [9.17, 15) is 18.0 Å². The average molecular weight is 675 g/mol. The van der Waals surface area contributed by atoms with Gasteiger partial charge in [0.05, 0.1) is 28.5 Å². The van der Waals surface area contributed by atoms with Crippen molar-refractivity contribution in [2.24, 2.45) is 5.41 Å². The molecule has 0 fully saturated rings. The molecule has 254 valence electrons. The summed E-state index contributed by atoms with van der Waals surface area (Å²) in [6.07, 6.45) is 3.59. The molecule has 1 amide bonds. The number of aromatic nitrogens is 4. The Labute approximate surface area is 281 Å². The van der Waals surface area contributed by atoms with Gasteiger partial charge < -0.3 is 9.47 Å². The number of carbonyl (C=O) groups is 2. The van der Waals surface area contributed by atoms with Crippen LogP contribution < -0.4 is 14.4 Å². The summed E-state index contributed by atoms with van der Waals surface area (Å²) in [6, 6.07) is 12.8. The maximum absolute atomic E-state index is 14.4. The van der Waals surface area contributed by atoms with Crippen molar-refractivity contribution in [2.45, 2.75) is 84.9 Å². The van der Waals surface area contributed by atoms with E-state index in [1.165, 1.54) is 29.1 Å². The number of ether oxygens (including phenoxy) is 2. The fraction of sp³-hybridized carbons (Fsp3) is 0.400. The number of sulfonamides is 1. The molecule has 0 spiro atoms. The lowest BCUT2D eigenvalue weighted by atomic mass is 9.87. The molecule has 0 radical (unpaired) electrons. The Morgan fingerprint density at radius 3 is 2.38 bits per heavy atom. The maximum Gasteiger partial charge on any atom is 0.328 e. The molecule has 4 bridgehead atoms. The number of fused-ring (bicyclic) bond motifs is 4. The summed E-state index contributed by atoms with van der Waals surface area (Å²) in [5.74, 6) is -0.963. The number of esters is 1. The van der Waals surface area contributed by atoms with E-state index >= 15 is 0 Å². The van der Waals surface area contributed by atoms with Crippen molar-refractivity contribution in [2.75, 3.05) is 16.2 Å². The molecule has 12 nitrogen and oxygen atoms in total. The summed E-state index contributed by atoms with van der Waals surface area (Å²) in [4.78, 5) is 37.5. The van der Waals surface area contributed by atoms with E-state index in [0.29, 0.717) is 17.8 Å². The molecule has 0 unspecified atom stereocenters. The minimum Gasteiger partial charge on any atom is -0.475 e. The van der Waals surface area contributed by atoms with E-state index in [1.807, 2.05) is 32.0 Å². The van der Waals surface area contributed by atoms with Crippen LogP contribution >= 0.6 is 0 Å². The summed E-state index contributed by atoms with van der Waals surface area (Å²) in [6.45, 7) is 15.3. The molecule has 0 aliphatic carbocycles. The van der Waals surface area contributed by atoms with Crippen LogP contribution in [0.4, 0.5) is 11.6 Å². The topological polar surface area (TPSA) is 146 Å². The Balaban J connectivity index is 1.65. The van der Waals surface area contributed by atoms with Crippen LogP contribution in [0.5, 0.6) is 5.88 Å². The van der Waals surface area contributed by atoms with Crippen LogP contribution in [0.3, 0.4) is 0 Å². The van der Waals surface area contributed by atoms with Crippen LogP contribution in [0.15, 0.2) is 65.8 Å². The predicted octanol–water partition coefficient (Wildman–Crippen LogP) is 5.94. The standard InChI is InChI=1S/C35H42N6O6S/c1-22-11-9-12-23(2)31(22)28-16-29-38-33(37-28)39-48(44,45)27-14-10-13-24(15-27)32(43)41(25(21-46-29)17-34(3,4)5)26-18-36-40(19-26)20-30(42)47-35(6,7)8/h9-16,18-19,25H,17,20-21H2,1-8H3,(H,37,38,39)/t25-/m1/s1. The number of hydrogen-bond acceptors (Lipinski definition) is 9. The number of aryl methyl sites for hydroxylation is 2. The summed E-state index contributed by atoms with van der Waals surface area (Å²) >= 11 is 0. The Hall–Kier alpha value is -4.78. The van der Waals surface area contributed by atoms with Gasteiger partial charge in [0.1, 0.15) is 18.8 Å². The van der Waals surface area contributed by atoms with E-state index in [2.05, 4.69) is 40.6 Å². The molecule has 1 aliphatic rings. The minimum atomic E-state index is -4.22. The molecule has 1 aliphatic heterocycles. The highest BCUT2D eigenvalue weighted by molar-refractivity contribution is 7.92. The molecule has 4 aromatic rings. The van der Waals surface area contributed by atoms with Gasteiger partial charge in [-0.15, -0.1) is 0 Å². The summed E-state index contributed by atoms with van der Waals surface area (Å²) in [5, 5.41) is 4.36. The predicted molar refractivity (Wildman–Crippen MR) is 182 cm³/mol. The molecule has 2 aromatic heterocycles. The largest absolute Gasteiger partial charge is 0.475 e. The zero-order valence-corrected chi connectivity index (χ0v) is 29.4. The first-order valence-corrected chi connectivity index (χ1v) is 17.2. The van der Waals surface area contributed by atoms with Gasteiger partial charge in [-0.3, -0.25) is 19.2 Å². The molecular formula is C35H42N6O6S. The first-order chi connectivity index (χ1) is 22.4. The monoisotopic (exact) mass is 674 g/mol. The number of rotatable bonds is 5. The van der Waals surface area contributed by atoms with Crippen LogP contribution in [0, 0.1) is 19.3 Å². The second kappa shape index (κ2) is 13.0. The van der Waals surface area contributed by atoms with Crippen molar-refractivity contribution in [3.63, 3.8) is 0 Å². The fourth-order valence-corrected chi connectivity index (χ4v) is 6.67. The maximum atomic E-state index is 14.4. The molecule has 2 aromatic carbocycles. The first-order valence-electron chi connectivity index (χ1n) is 15.7. The highest BCUT2D eigenvalue weighted by Crippen LogP contribution is 2.33. The smallest absolute Gasteiger partial charge is 0.328 e. The SMILES string of the molecule is Cc1cccc(C)c1-c1cc2nc(n1)NS(=O)(=O)c1cccc(c1)C(=O)N(c1cnn(CC(=O)OC(C)(C)C)c1)[C@H](CC(C)(C)C)CO2. The van der Waals surface area contributed by atoms with Crippen LogP contribution in [0.25, 0.3) is 11.3 Å². The van der Waals surface area contributed by atoms with E-state index in [4.69, 9.17) is 9.47 Å². The van der Waals surface area contributed by atoms with Gasteiger partial charge in [0.25, 0.3) is 15.9 Å². The number of nitrogens with one attached hydrogen (secondary N) is 1. The average Bonchev–Trinajstić information content (AvgIpc) is 3.41. The van der Waals surface area contributed by atoms with Crippen molar-refractivity contribution in [3.8, 4) is 17.1 Å². The number of benzene rings is 2. The number of carbonyl (C=O) groups excluding carboxylic acids is 2. The fourth-order valence-electron chi connectivity index (χ4n) is 5.68. The number of nitrogens with zero attached hydrogens (tertiary/aromatic N) is 5. The summed E-state index contributed by atoms with van der Waals surface area (Å²) < 4.78 is 43.0. The molecule has 3 heterocycles. The van der Waals surface area contributed by atoms with Gasteiger partial charge in [0.2, 0.25) is 11.8 Å². The Morgan fingerprint density at radius 2 is 1.71 bits per heavy atom. The molecule has 0 saturated heterocycles. The number of amides is 1. The van der Waals surface area contributed by atoms with Crippen LogP contribution in [0.1, 0.15) is 69.4 Å². The zero-order chi connectivity index (χ0) is 35.0. The second-order valence-electron chi connectivity index (χ2n) is 14.2. The van der Waals surface area contributed by atoms with Crippen LogP contribution in [-0.4, -0.2) is 58.3 Å². The van der Waals surface area contributed by atoms with Crippen molar-refractivity contribution in [1.29, 1.82) is 0 Å². The van der Waals surface area contributed by atoms with Crippen molar-refractivity contribution >= 4 is 33.5 Å². The van der Waals surface area contributed by atoms with E-state index in [-0.39, 0.29) is 40.9 Å². The molecule has 1 atom stereocenters. The lowest BCUT2D eigenvalue weighted by Crippen LogP contribution is -2.46. The van der Waals surface area contributed by atoms with Gasteiger partial charge in [-0.25, -0.2) is 18.1 Å². The van der Waals surface area contributed by atoms with Gasteiger partial charge in [0.15, 0.2) is 0 Å². The van der Waals surface area contributed by atoms with Crippen molar-refractivity contribution in [1.82, 2.24) is 19.7 Å². The van der Waals surface area contributed by atoms with E-state index in [0.717, 1.165) is 16.7 Å². The van der Waals surface area contributed by atoms with Crippen LogP contribution in [-0.2, 0) is 26.1 Å². The number of anilines is 2. The van der Waals surface area contributed by atoms with Crippen molar-refractivity contribution in [3.05, 3.63) is 77.6 Å². The summed E-state index contributed by atoms with van der Waals surface area (Å²) in [5.41, 5.74) is 2.82. The third-order valence-electron chi connectivity index (χ3n) is 7.52. The lowest BCUT2D eigenvalue weighted by molar-refractivity contribution is -0.155. The third-order valence-corrected chi connectivity index (χ3v) is 8.85. The highest BCUT2D eigenvalue weighted by Gasteiger charge is 2.33. The molecule has 13 heteroatoms. The Morgan fingerprint density at radius 1 is 1.02 bits per heavy atom. The van der Waals surface area contributed by atoms with E-state index in [1.54, 1.807) is 44.0 Å². The minimum absolute atomic E-state index is 0.00927. The van der Waals surface area contributed by atoms with Gasteiger partial charge in [-0.2, -0.15) is 10.1 Å². The highest BCUT2D eigenvalue weighted by atomic mass is 32.2. The van der Waals surface area contributed by atoms with Gasteiger partial charge in [0, 0.05) is 23.4 Å². The lowest BCUT2D eigenvalue weighted by Gasteiger charge is -2.35. The van der Waals surface area contributed by atoms with Crippen molar-refractivity contribution < 1.29 is 27.5 Å².